The minimum Gasteiger partial charge on any atom is -0.474 e. The van der Waals surface area contributed by atoms with E-state index in [4.69, 9.17) is 21.6 Å². The first-order valence-corrected chi connectivity index (χ1v) is 8.82. The number of nitriles is 1. The van der Waals surface area contributed by atoms with Gasteiger partial charge >= 0.3 is 0 Å². The lowest BCUT2D eigenvalue weighted by Crippen LogP contribution is -2.45. The number of ether oxygens (including phenoxy) is 1. The number of halogens is 1. The van der Waals surface area contributed by atoms with Crippen LogP contribution < -0.4 is 10.1 Å². The van der Waals surface area contributed by atoms with E-state index in [1.54, 1.807) is 18.3 Å². The van der Waals surface area contributed by atoms with E-state index >= 15 is 0 Å². The van der Waals surface area contributed by atoms with Gasteiger partial charge in [-0.25, -0.2) is 4.98 Å². The van der Waals surface area contributed by atoms with Crippen molar-refractivity contribution >= 4 is 11.6 Å². The van der Waals surface area contributed by atoms with Gasteiger partial charge < -0.3 is 10.1 Å². The fraction of sp³-hybridized carbons (Fsp3) is 0.474. The fourth-order valence-corrected chi connectivity index (χ4v) is 3.84. The zero-order chi connectivity index (χ0) is 16.9. The first-order valence-electron chi connectivity index (χ1n) is 8.45. The Morgan fingerprint density at radius 2 is 2.33 bits per heavy atom. The van der Waals surface area contributed by atoms with E-state index in [-0.39, 0.29) is 6.10 Å². The number of pyridine rings is 1. The number of piperidine rings is 1. The molecular weight excluding hydrogens is 322 g/mol. The van der Waals surface area contributed by atoms with Crippen LogP contribution in [0.1, 0.15) is 25.3 Å². The third-order valence-corrected chi connectivity index (χ3v) is 5.28. The molecule has 4 nitrogen and oxygen atoms in total. The molecule has 0 aromatic carbocycles. The summed E-state index contributed by atoms with van der Waals surface area (Å²) in [4.78, 5) is 4.23. The van der Waals surface area contributed by atoms with Gasteiger partial charge in [-0.1, -0.05) is 23.8 Å². The number of rotatable bonds is 4. The second-order valence-electron chi connectivity index (χ2n) is 6.49. The molecule has 126 valence electrons. The molecule has 1 unspecified atom stereocenters. The van der Waals surface area contributed by atoms with Gasteiger partial charge in [0.1, 0.15) is 12.2 Å². The molecule has 0 amide bonds. The van der Waals surface area contributed by atoms with Crippen molar-refractivity contribution in [1.29, 1.82) is 5.26 Å². The largest absolute Gasteiger partial charge is 0.474 e. The van der Waals surface area contributed by atoms with E-state index in [9.17, 15) is 0 Å². The van der Waals surface area contributed by atoms with Crippen LogP contribution in [0.3, 0.4) is 0 Å². The van der Waals surface area contributed by atoms with Crippen molar-refractivity contribution in [1.82, 2.24) is 10.3 Å². The molecule has 2 aliphatic rings. The van der Waals surface area contributed by atoms with E-state index in [1.807, 2.05) is 6.08 Å². The van der Waals surface area contributed by atoms with E-state index < -0.39 is 0 Å². The van der Waals surface area contributed by atoms with E-state index in [1.165, 1.54) is 0 Å². The monoisotopic (exact) mass is 343 g/mol. The maximum Gasteiger partial charge on any atom is 0.213 e. The van der Waals surface area contributed by atoms with Crippen molar-refractivity contribution in [3.63, 3.8) is 0 Å². The molecule has 0 bridgehead atoms. The lowest BCUT2D eigenvalue weighted by Gasteiger charge is -2.39. The Hall–Kier alpha value is -1.83. The third kappa shape index (κ3) is 3.98. The maximum absolute atomic E-state index is 8.85. The minimum atomic E-state index is 0.0762. The van der Waals surface area contributed by atoms with Crippen LogP contribution in [0.25, 0.3) is 0 Å². The number of hydrogen-bond donors (Lipinski definition) is 1. The zero-order valence-electron chi connectivity index (χ0n) is 13.8. The predicted octanol–water partition coefficient (Wildman–Crippen LogP) is 3.65. The molecule has 1 N–H and O–H groups in total. The van der Waals surface area contributed by atoms with Crippen molar-refractivity contribution in [3.05, 3.63) is 47.2 Å². The van der Waals surface area contributed by atoms with E-state index in [0.29, 0.717) is 29.2 Å². The molecule has 4 atom stereocenters. The van der Waals surface area contributed by atoms with Crippen LogP contribution in [0.2, 0.25) is 0 Å². The average Bonchev–Trinajstić information content (AvgIpc) is 2.63. The van der Waals surface area contributed by atoms with Gasteiger partial charge in [0.15, 0.2) is 0 Å². The van der Waals surface area contributed by atoms with Gasteiger partial charge in [0.25, 0.3) is 0 Å². The quantitative estimate of drug-likeness (QED) is 0.906. The number of allylic oxidation sites excluding steroid dienone is 4. The van der Waals surface area contributed by atoms with Gasteiger partial charge in [-0.05, 0) is 56.8 Å². The van der Waals surface area contributed by atoms with Gasteiger partial charge in [-0.15, -0.1) is 0 Å². The molecule has 0 saturated carbocycles. The molecule has 5 heteroatoms. The number of nitrogens with one attached hydrogen (secondary N) is 1. The molecule has 0 radical (unpaired) electrons. The Kier molecular flexibility index (Phi) is 5.55. The molecule has 1 aliphatic carbocycles. The Morgan fingerprint density at radius 3 is 3.00 bits per heavy atom. The number of nitrogens with zero attached hydrogens (tertiary/aromatic N) is 2. The Balaban J connectivity index is 1.68. The topological polar surface area (TPSA) is 57.9 Å². The first-order chi connectivity index (χ1) is 11.7. The van der Waals surface area contributed by atoms with Crippen LogP contribution in [-0.2, 0) is 0 Å². The van der Waals surface area contributed by atoms with E-state index in [0.717, 1.165) is 31.0 Å². The van der Waals surface area contributed by atoms with Crippen LogP contribution in [0.15, 0.2) is 41.6 Å². The second kappa shape index (κ2) is 7.83. The van der Waals surface area contributed by atoms with Crippen LogP contribution in [0.5, 0.6) is 5.88 Å². The zero-order valence-corrected chi connectivity index (χ0v) is 14.5. The summed E-state index contributed by atoms with van der Waals surface area (Å²) in [7, 11) is 0. The highest BCUT2D eigenvalue weighted by molar-refractivity contribution is 6.31. The molecule has 1 aromatic heterocycles. The lowest BCUT2D eigenvalue weighted by molar-refractivity contribution is 0.0658. The molecule has 24 heavy (non-hydrogen) atoms. The van der Waals surface area contributed by atoms with Crippen LogP contribution in [-0.4, -0.2) is 24.2 Å². The Bertz CT molecular complexity index is 662. The molecule has 2 heterocycles. The van der Waals surface area contributed by atoms with Crippen LogP contribution >= 0.6 is 11.6 Å². The summed E-state index contributed by atoms with van der Waals surface area (Å²) in [6, 6.07) is 5.59. The molecule has 1 aliphatic heterocycles. The molecule has 0 spiro atoms. The van der Waals surface area contributed by atoms with Crippen molar-refractivity contribution < 1.29 is 4.74 Å². The normalized spacial score (nSPS) is 27.9. The molecule has 1 aromatic rings. The van der Waals surface area contributed by atoms with Crippen LogP contribution in [0, 0.1) is 29.1 Å². The van der Waals surface area contributed by atoms with Crippen molar-refractivity contribution in [2.75, 3.05) is 13.1 Å². The summed E-state index contributed by atoms with van der Waals surface area (Å²) in [5.41, 5.74) is 0.547. The molecule has 1 saturated heterocycles. The highest BCUT2D eigenvalue weighted by atomic mass is 35.5. The van der Waals surface area contributed by atoms with Gasteiger partial charge in [-0.2, -0.15) is 5.26 Å². The third-order valence-electron chi connectivity index (χ3n) is 5.00. The first kappa shape index (κ1) is 17.0. The number of hydrogen-bond acceptors (Lipinski definition) is 4. The smallest absolute Gasteiger partial charge is 0.213 e. The summed E-state index contributed by atoms with van der Waals surface area (Å²) in [6.07, 6.45) is 10.1. The van der Waals surface area contributed by atoms with Gasteiger partial charge in [0.2, 0.25) is 5.88 Å². The Morgan fingerprint density at radius 1 is 1.46 bits per heavy atom. The SMILES string of the molecule is C[C@H](Oc1ccc(C#N)cn1)[C@H]1CCNC[C@@H]1C1C=CC(Cl)=CC1. The summed E-state index contributed by atoms with van der Waals surface area (Å²) in [6.45, 7) is 4.14. The second-order valence-corrected chi connectivity index (χ2v) is 6.92. The summed E-state index contributed by atoms with van der Waals surface area (Å²) in [5, 5.41) is 13.2. The van der Waals surface area contributed by atoms with Crippen molar-refractivity contribution in [3.8, 4) is 11.9 Å². The summed E-state index contributed by atoms with van der Waals surface area (Å²) >= 11 is 6.05. The predicted molar refractivity (Wildman–Crippen MR) is 94.7 cm³/mol. The maximum atomic E-state index is 8.85. The van der Waals surface area contributed by atoms with Crippen LogP contribution in [0.4, 0.5) is 0 Å². The fourth-order valence-electron chi connectivity index (χ4n) is 3.68. The molecule has 3 rings (SSSR count). The summed E-state index contributed by atoms with van der Waals surface area (Å²) in [5.74, 6) is 2.05. The van der Waals surface area contributed by atoms with E-state index in [2.05, 4.69) is 35.4 Å². The highest BCUT2D eigenvalue weighted by Gasteiger charge is 2.35. The highest BCUT2D eigenvalue weighted by Crippen LogP contribution is 2.35. The molecular formula is C19H22ClN3O. The number of aromatic nitrogens is 1. The average molecular weight is 344 g/mol. The van der Waals surface area contributed by atoms with Crippen molar-refractivity contribution in [2.24, 2.45) is 17.8 Å². The van der Waals surface area contributed by atoms with Crippen molar-refractivity contribution in [2.45, 2.75) is 25.9 Å². The molecule has 1 fully saturated rings. The van der Waals surface area contributed by atoms with Gasteiger partial charge in [0, 0.05) is 23.2 Å². The van der Waals surface area contributed by atoms with Gasteiger partial charge in [-0.3, -0.25) is 0 Å². The standard InChI is InChI=1S/C19H22ClN3O/c1-13(24-19-7-2-14(10-21)11-23-19)17-8-9-22-12-18(17)15-3-5-16(20)6-4-15/h2-3,5-7,11,13,15,17-18,22H,4,8-9,12H2,1H3/t13-,15?,17+,18+/m0/s1. The Labute approximate surface area is 148 Å². The minimum absolute atomic E-state index is 0.0762. The lowest BCUT2D eigenvalue weighted by atomic mass is 9.73. The van der Waals surface area contributed by atoms with Gasteiger partial charge in [0.05, 0.1) is 5.56 Å². The summed E-state index contributed by atoms with van der Waals surface area (Å²) < 4.78 is 6.08.